The van der Waals surface area contributed by atoms with Gasteiger partial charge in [0, 0.05) is 11.8 Å². The Kier molecular flexibility index (Phi) is 3.09. The minimum atomic E-state index is 0.00155. The van der Waals surface area contributed by atoms with Crippen LogP contribution in [0.2, 0.25) is 11.0 Å². The zero-order valence-electron chi connectivity index (χ0n) is 7.97. The lowest BCUT2D eigenvalue weighted by atomic mass is 9.82. The van der Waals surface area contributed by atoms with E-state index in [9.17, 15) is 4.79 Å². The second kappa shape index (κ2) is 3.92. The Morgan fingerprint density at radius 2 is 2.31 bits per heavy atom. The molecular weight excluding hydrogens is 184 g/mol. The third kappa shape index (κ3) is 2.31. The molecule has 13 heavy (non-hydrogen) atoms. The number of rotatable bonds is 2. The molecule has 0 aromatic carbocycles. The van der Waals surface area contributed by atoms with Gasteiger partial charge in [-0.3, -0.25) is 4.79 Å². The first-order chi connectivity index (χ1) is 6.02. The molecule has 1 unspecified atom stereocenters. The van der Waals surface area contributed by atoms with Gasteiger partial charge in [0.2, 0.25) is 0 Å². The minimum absolute atomic E-state index is 0.00155. The highest BCUT2D eigenvalue weighted by Gasteiger charge is 2.13. The fourth-order valence-corrected chi connectivity index (χ4v) is 1.30. The average molecular weight is 195 g/mol. The van der Waals surface area contributed by atoms with Crippen LogP contribution in [0.4, 0.5) is 0 Å². The van der Waals surface area contributed by atoms with Crippen LogP contribution in [-0.2, 0) is 0 Å². The fourth-order valence-electron chi connectivity index (χ4n) is 1.09. The van der Waals surface area contributed by atoms with Crippen LogP contribution in [0.1, 0.15) is 22.8 Å². The monoisotopic (exact) mass is 195 g/mol. The van der Waals surface area contributed by atoms with Gasteiger partial charge >= 0.3 is 0 Å². The number of aromatic nitrogens is 1. The van der Waals surface area contributed by atoms with Gasteiger partial charge in [0.15, 0.2) is 5.78 Å². The van der Waals surface area contributed by atoms with Crippen molar-refractivity contribution < 1.29 is 4.79 Å². The number of hydrogen-bond donors (Lipinski definition) is 0. The first-order valence-corrected chi connectivity index (χ1v) is 4.56. The van der Waals surface area contributed by atoms with Gasteiger partial charge in [0.1, 0.15) is 13.0 Å². The number of carbonyl (C=O) groups is 1. The maximum Gasteiger partial charge on any atom is 0.159 e. The second-order valence-corrected chi connectivity index (χ2v) is 3.73. The molecule has 0 aliphatic heterocycles. The van der Waals surface area contributed by atoms with Crippen molar-refractivity contribution in [3.63, 3.8) is 0 Å². The van der Waals surface area contributed by atoms with E-state index < -0.39 is 0 Å². The first-order valence-electron chi connectivity index (χ1n) is 4.18. The smallest absolute Gasteiger partial charge is 0.159 e. The molecule has 1 atom stereocenters. The highest BCUT2D eigenvalue weighted by Crippen LogP contribution is 2.16. The summed E-state index contributed by atoms with van der Waals surface area (Å²) in [6.07, 6.45) is 1.54. The quantitative estimate of drug-likeness (QED) is 0.408. The van der Waals surface area contributed by atoms with Crippen molar-refractivity contribution in [1.82, 2.24) is 4.98 Å². The topological polar surface area (TPSA) is 30.0 Å². The number of Topliss-reactive ketones (excluding diaryl/α,β-unsaturated/α-hetero) is 1. The van der Waals surface area contributed by atoms with Gasteiger partial charge in [0.05, 0.1) is 0 Å². The van der Waals surface area contributed by atoms with E-state index in [0.29, 0.717) is 10.7 Å². The number of halogens is 1. The molecule has 0 spiro atoms. The molecule has 0 fully saturated rings. The molecule has 0 N–H and O–H groups in total. The summed E-state index contributed by atoms with van der Waals surface area (Å²) in [7, 11) is 1.87. The van der Waals surface area contributed by atoms with Gasteiger partial charge in [-0.15, -0.1) is 0 Å². The molecular formula is C9H11BClNO. The van der Waals surface area contributed by atoms with Crippen LogP contribution in [-0.4, -0.2) is 18.6 Å². The Morgan fingerprint density at radius 1 is 1.69 bits per heavy atom. The molecule has 1 heterocycles. The molecule has 0 aliphatic rings. The summed E-state index contributed by atoms with van der Waals surface area (Å²) in [4.78, 5) is 15.5. The predicted molar refractivity (Wildman–Crippen MR) is 56.3 cm³/mol. The standard InChI is InChI=1S/C9H11BClNO/c1-5-3-8(11)12-4-7(5)9(13)6(2)10/h3-4,6H,10H2,1-2H3. The summed E-state index contributed by atoms with van der Waals surface area (Å²) in [5, 5.41) is 0.429. The highest BCUT2D eigenvalue weighted by atomic mass is 35.5. The zero-order chi connectivity index (χ0) is 10.0. The summed E-state index contributed by atoms with van der Waals surface area (Å²) in [6, 6.07) is 1.71. The molecule has 0 amide bonds. The van der Waals surface area contributed by atoms with Gasteiger partial charge in [-0.2, -0.15) is 0 Å². The van der Waals surface area contributed by atoms with Crippen LogP contribution in [0.25, 0.3) is 0 Å². The molecule has 0 saturated carbocycles. The summed E-state index contributed by atoms with van der Waals surface area (Å²) in [5.74, 6) is 0.114. The van der Waals surface area contributed by atoms with Crippen molar-refractivity contribution in [3.05, 3.63) is 28.5 Å². The van der Waals surface area contributed by atoms with Crippen LogP contribution in [0.5, 0.6) is 0 Å². The molecule has 0 radical (unpaired) electrons. The van der Waals surface area contributed by atoms with Crippen LogP contribution in [0.15, 0.2) is 12.3 Å². The Balaban J connectivity index is 3.09. The highest BCUT2D eigenvalue weighted by molar-refractivity contribution is 6.30. The van der Waals surface area contributed by atoms with Crippen molar-refractivity contribution >= 4 is 25.2 Å². The van der Waals surface area contributed by atoms with Crippen LogP contribution < -0.4 is 0 Å². The van der Waals surface area contributed by atoms with E-state index in [1.54, 1.807) is 12.3 Å². The molecule has 68 valence electrons. The van der Waals surface area contributed by atoms with E-state index in [0.717, 1.165) is 5.56 Å². The van der Waals surface area contributed by atoms with E-state index >= 15 is 0 Å². The van der Waals surface area contributed by atoms with Crippen LogP contribution in [0, 0.1) is 6.92 Å². The maximum atomic E-state index is 11.6. The Hall–Kier alpha value is -0.825. The van der Waals surface area contributed by atoms with E-state index in [1.165, 1.54) is 0 Å². The van der Waals surface area contributed by atoms with E-state index in [2.05, 4.69) is 4.98 Å². The number of ketones is 1. The lowest BCUT2D eigenvalue weighted by molar-refractivity contribution is 0.0988. The van der Waals surface area contributed by atoms with Gasteiger partial charge in [-0.05, 0) is 24.4 Å². The van der Waals surface area contributed by atoms with E-state index in [1.807, 2.05) is 21.7 Å². The maximum absolute atomic E-state index is 11.6. The Morgan fingerprint density at radius 3 is 2.77 bits per heavy atom. The largest absolute Gasteiger partial charge is 0.295 e. The Bertz CT molecular complexity index is 338. The van der Waals surface area contributed by atoms with Gasteiger partial charge in [-0.25, -0.2) is 4.98 Å². The first kappa shape index (κ1) is 10.3. The third-order valence-corrected chi connectivity index (χ3v) is 2.07. The van der Waals surface area contributed by atoms with Crippen molar-refractivity contribution in [1.29, 1.82) is 0 Å². The summed E-state index contributed by atoms with van der Waals surface area (Å²) in [5.41, 5.74) is 1.55. The van der Waals surface area contributed by atoms with Gasteiger partial charge < -0.3 is 0 Å². The number of hydrogen-bond acceptors (Lipinski definition) is 2. The number of carbonyl (C=O) groups excluding carboxylic acids is 1. The average Bonchev–Trinajstić information content (AvgIpc) is 2.03. The van der Waals surface area contributed by atoms with Crippen LogP contribution >= 0.6 is 11.6 Å². The molecule has 4 heteroatoms. The van der Waals surface area contributed by atoms with E-state index in [4.69, 9.17) is 11.6 Å². The fraction of sp³-hybridized carbons (Fsp3) is 0.333. The van der Waals surface area contributed by atoms with Crippen molar-refractivity contribution in [3.8, 4) is 0 Å². The molecule has 0 bridgehead atoms. The van der Waals surface area contributed by atoms with Crippen LogP contribution in [0.3, 0.4) is 0 Å². The second-order valence-electron chi connectivity index (χ2n) is 3.34. The number of pyridine rings is 1. The SMILES string of the molecule is BC(C)C(=O)c1cnc(Cl)cc1C. The van der Waals surface area contributed by atoms with Gasteiger partial charge in [-0.1, -0.05) is 18.5 Å². The summed E-state index contributed by atoms with van der Waals surface area (Å²) >= 11 is 5.68. The normalized spacial score (nSPS) is 12.5. The predicted octanol–water partition coefficient (Wildman–Crippen LogP) is 1.67. The van der Waals surface area contributed by atoms with Crippen molar-refractivity contribution in [2.24, 2.45) is 0 Å². The minimum Gasteiger partial charge on any atom is -0.295 e. The lowest BCUT2D eigenvalue weighted by Crippen LogP contribution is -2.08. The molecule has 0 saturated heterocycles. The van der Waals surface area contributed by atoms with E-state index in [-0.39, 0.29) is 11.6 Å². The van der Waals surface area contributed by atoms with Crippen molar-refractivity contribution in [2.75, 3.05) is 0 Å². The summed E-state index contributed by atoms with van der Waals surface area (Å²) in [6.45, 7) is 3.74. The molecule has 1 rings (SSSR count). The number of nitrogens with zero attached hydrogens (tertiary/aromatic N) is 1. The lowest BCUT2D eigenvalue weighted by Gasteiger charge is -2.06. The third-order valence-electron chi connectivity index (χ3n) is 1.87. The molecule has 2 nitrogen and oxygen atoms in total. The summed E-state index contributed by atoms with van der Waals surface area (Å²) < 4.78 is 0. The number of aryl methyl sites for hydroxylation is 1. The molecule has 0 aliphatic carbocycles. The Labute approximate surface area is 83.7 Å². The zero-order valence-corrected chi connectivity index (χ0v) is 8.72. The van der Waals surface area contributed by atoms with Gasteiger partial charge in [0.25, 0.3) is 0 Å². The molecule has 1 aromatic heterocycles. The van der Waals surface area contributed by atoms with Crippen molar-refractivity contribution in [2.45, 2.75) is 19.7 Å². The molecule has 1 aromatic rings.